The van der Waals surface area contributed by atoms with Crippen molar-refractivity contribution in [3.8, 4) is 0 Å². The minimum absolute atomic E-state index is 0.208. The van der Waals surface area contributed by atoms with Crippen molar-refractivity contribution >= 4 is 21.8 Å². The third-order valence-electron chi connectivity index (χ3n) is 3.55. The summed E-state index contributed by atoms with van der Waals surface area (Å²) < 4.78 is 1.06. The minimum atomic E-state index is 0.208. The van der Waals surface area contributed by atoms with E-state index in [4.69, 9.17) is 0 Å². The number of carbonyl (C=O) groups is 1. The van der Waals surface area contributed by atoms with Crippen LogP contribution < -0.4 is 0 Å². The summed E-state index contributed by atoms with van der Waals surface area (Å²) in [7, 11) is 1.89. The third-order valence-corrected chi connectivity index (χ3v) is 4.33. The first-order valence-corrected chi connectivity index (χ1v) is 6.69. The van der Waals surface area contributed by atoms with Crippen LogP contribution in [0.2, 0.25) is 0 Å². The topological polar surface area (TPSA) is 20.3 Å². The van der Waals surface area contributed by atoms with Gasteiger partial charge in [0.2, 0.25) is 5.91 Å². The molecule has 1 saturated carbocycles. The van der Waals surface area contributed by atoms with Crippen molar-refractivity contribution in [3.05, 3.63) is 34.3 Å². The van der Waals surface area contributed by atoms with Crippen LogP contribution in [0.5, 0.6) is 0 Å². The Balaban J connectivity index is 2.01. The van der Waals surface area contributed by atoms with Crippen LogP contribution in [0.3, 0.4) is 0 Å². The maximum Gasteiger partial charge on any atom is 0.226 e. The number of halogens is 1. The van der Waals surface area contributed by atoms with Crippen molar-refractivity contribution in [2.45, 2.75) is 26.8 Å². The van der Waals surface area contributed by atoms with Crippen molar-refractivity contribution in [1.29, 1.82) is 0 Å². The van der Waals surface area contributed by atoms with Crippen molar-refractivity contribution in [2.24, 2.45) is 11.3 Å². The van der Waals surface area contributed by atoms with Gasteiger partial charge in [0.15, 0.2) is 0 Å². The number of nitrogens with zero attached hydrogens (tertiary/aromatic N) is 1. The van der Waals surface area contributed by atoms with Crippen LogP contribution in [0.1, 0.15) is 25.8 Å². The Hall–Kier alpha value is -0.830. The van der Waals surface area contributed by atoms with E-state index in [0.29, 0.717) is 6.54 Å². The van der Waals surface area contributed by atoms with E-state index >= 15 is 0 Å². The summed E-state index contributed by atoms with van der Waals surface area (Å²) in [5, 5.41) is 0. The van der Waals surface area contributed by atoms with Gasteiger partial charge in [-0.15, -0.1) is 0 Å². The van der Waals surface area contributed by atoms with Gasteiger partial charge < -0.3 is 4.90 Å². The van der Waals surface area contributed by atoms with Crippen LogP contribution in [-0.2, 0) is 11.3 Å². The normalized spacial score (nSPS) is 21.1. The molecular formula is C14H18BrNO. The van der Waals surface area contributed by atoms with Crippen molar-refractivity contribution < 1.29 is 4.79 Å². The van der Waals surface area contributed by atoms with Gasteiger partial charge in [-0.05, 0) is 23.5 Å². The molecular weight excluding hydrogens is 278 g/mol. The Kier molecular flexibility index (Phi) is 3.30. The van der Waals surface area contributed by atoms with E-state index in [1.165, 1.54) is 0 Å². The van der Waals surface area contributed by atoms with Gasteiger partial charge in [-0.2, -0.15) is 0 Å². The van der Waals surface area contributed by atoms with Gasteiger partial charge in [0, 0.05) is 24.0 Å². The minimum Gasteiger partial charge on any atom is -0.341 e. The van der Waals surface area contributed by atoms with E-state index < -0.39 is 0 Å². The number of hydrogen-bond acceptors (Lipinski definition) is 1. The first-order chi connectivity index (χ1) is 7.92. The molecule has 0 aliphatic heterocycles. The summed E-state index contributed by atoms with van der Waals surface area (Å²) in [4.78, 5) is 14.0. The van der Waals surface area contributed by atoms with E-state index in [2.05, 4.69) is 29.8 Å². The fourth-order valence-corrected chi connectivity index (χ4v) is 2.52. The van der Waals surface area contributed by atoms with Crippen molar-refractivity contribution in [2.75, 3.05) is 7.05 Å². The van der Waals surface area contributed by atoms with E-state index in [1.54, 1.807) is 0 Å². The SMILES string of the molecule is CN(Cc1ccccc1Br)C(=O)C1CC1(C)C. The maximum absolute atomic E-state index is 12.1. The number of carbonyl (C=O) groups excluding carboxylic acids is 1. The fourth-order valence-electron chi connectivity index (χ4n) is 2.11. The van der Waals surface area contributed by atoms with Gasteiger partial charge in [0.25, 0.3) is 0 Å². The zero-order chi connectivity index (χ0) is 12.6. The molecule has 0 radical (unpaired) electrons. The summed E-state index contributed by atoms with van der Waals surface area (Å²) in [6.45, 7) is 4.98. The average molecular weight is 296 g/mol. The average Bonchev–Trinajstić information content (AvgIpc) is 2.90. The monoisotopic (exact) mass is 295 g/mol. The molecule has 1 aromatic carbocycles. The molecule has 1 aromatic rings. The Morgan fingerprint density at radius 1 is 1.47 bits per heavy atom. The predicted octanol–water partition coefficient (Wildman–Crippen LogP) is 3.45. The van der Waals surface area contributed by atoms with E-state index in [-0.39, 0.29) is 17.2 Å². The lowest BCUT2D eigenvalue weighted by molar-refractivity contribution is -0.132. The van der Waals surface area contributed by atoms with Crippen LogP contribution >= 0.6 is 15.9 Å². The van der Waals surface area contributed by atoms with Gasteiger partial charge in [0.1, 0.15) is 0 Å². The van der Waals surface area contributed by atoms with Crippen LogP contribution in [0.25, 0.3) is 0 Å². The third kappa shape index (κ3) is 2.71. The van der Waals surface area contributed by atoms with Crippen LogP contribution in [0.4, 0.5) is 0 Å². The zero-order valence-electron chi connectivity index (χ0n) is 10.5. The first kappa shape index (κ1) is 12.6. The summed E-state index contributed by atoms with van der Waals surface area (Å²) in [5.41, 5.74) is 1.36. The number of benzene rings is 1. The van der Waals surface area contributed by atoms with Crippen LogP contribution in [0, 0.1) is 11.3 Å². The van der Waals surface area contributed by atoms with E-state index in [0.717, 1.165) is 16.5 Å². The van der Waals surface area contributed by atoms with E-state index in [1.807, 2.05) is 36.2 Å². The Labute approximate surface area is 111 Å². The number of rotatable bonds is 3. The molecule has 1 aliphatic rings. The highest BCUT2D eigenvalue weighted by molar-refractivity contribution is 9.10. The second-order valence-electron chi connectivity index (χ2n) is 5.53. The molecule has 1 amide bonds. The highest BCUT2D eigenvalue weighted by atomic mass is 79.9. The summed E-state index contributed by atoms with van der Waals surface area (Å²) in [6, 6.07) is 8.04. The highest BCUT2D eigenvalue weighted by Crippen LogP contribution is 2.52. The molecule has 0 spiro atoms. The standard InChI is InChI=1S/C14H18BrNO/c1-14(2)8-11(14)13(17)16(3)9-10-6-4-5-7-12(10)15/h4-7,11H,8-9H2,1-3H3. The lowest BCUT2D eigenvalue weighted by Crippen LogP contribution is -2.29. The predicted molar refractivity (Wildman–Crippen MR) is 72.5 cm³/mol. The second kappa shape index (κ2) is 4.45. The Morgan fingerprint density at radius 2 is 2.06 bits per heavy atom. The second-order valence-corrected chi connectivity index (χ2v) is 6.39. The molecule has 17 heavy (non-hydrogen) atoms. The fraction of sp³-hybridized carbons (Fsp3) is 0.500. The van der Waals surface area contributed by atoms with Gasteiger partial charge in [-0.1, -0.05) is 48.0 Å². The zero-order valence-corrected chi connectivity index (χ0v) is 12.1. The van der Waals surface area contributed by atoms with Gasteiger partial charge in [0.05, 0.1) is 0 Å². The maximum atomic E-state index is 12.1. The quantitative estimate of drug-likeness (QED) is 0.836. The van der Waals surface area contributed by atoms with Crippen molar-refractivity contribution in [1.82, 2.24) is 4.90 Å². The molecule has 1 fully saturated rings. The molecule has 1 aliphatic carbocycles. The lowest BCUT2D eigenvalue weighted by Gasteiger charge is -2.19. The number of hydrogen-bond donors (Lipinski definition) is 0. The number of amides is 1. The smallest absolute Gasteiger partial charge is 0.226 e. The lowest BCUT2D eigenvalue weighted by atomic mass is 10.1. The highest BCUT2D eigenvalue weighted by Gasteiger charge is 2.51. The largest absolute Gasteiger partial charge is 0.341 e. The molecule has 1 atom stereocenters. The molecule has 0 N–H and O–H groups in total. The van der Waals surface area contributed by atoms with Gasteiger partial charge >= 0.3 is 0 Å². The van der Waals surface area contributed by atoms with Crippen LogP contribution in [0.15, 0.2) is 28.7 Å². The van der Waals surface area contributed by atoms with Gasteiger partial charge in [-0.3, -0.25) is 4.79 Å². The summed E-state index contributed by atoms with van der Waals surface area (Å²) >= 11 is 3.51. The molecule has 0 aromatic heterocycles. The molecule has 2 rings (SSSR count). The Bertz CT molecular complexity index is 442. The Morgan fingerprint density at radius 3 is 2.59 bits per heavy atom. The van der Waals surface area contributed by atoms with Crippen molar-refractivity contribution in [3.63, 3.8) is 0 Å². The molecule has 0 saturated heterocycles. The summed E-state index contributed by atoms with van der Waals surface area (Å²) in [5.74, 6) is 0.487. The molecule has 3 heteroatoms. The van der Waals surface area contributed by atoms with Gasteiger partial charge in [-0.25, -0.2) is 0 Å². The molecule has 0 heterocycles. The first-order valence-electron chi connectivity index (χ1n) is 5.90. The summed E-state index contributed by atoms with van der Waals surface area (Å²) in [6.07, 6.45) is 1.02. The van der Waals surface area contributed by atoms with Crippen LogP contribution in [-0.4, -0.2) is 17.9 Å². The molecule has 1 unspecified atom stereocenters. The molecule has 0 bridgehead atoms. The molecule has 92 valence electrons. The van der Waals surface area contributed by atoms with E-state index in [9.17, 15) is 4.79 Å². The molecule has 2 nitrogen and oxygen atoms in total.